The van der Waals surface area contributed by atoms with Gasteiger partial charge in [-0.2, -0.15) is 0 Å². The van der Waals surface area contributed by atoms with E-state index in [2.05, 4.69) is 5.32 Å². The molecule has 1 aromatic heterocycles. The molecule has 0 unspecified atom stereocenters. The third-order valence-electron chi connectivity index (χ3n) is 3.49. The smallest absolute Gasteiger partial charge is 0.263 e. The molecular formula is C14H20N2O3S. The quantitative estimate of drug-likeness (QED) is 0.860. The molecule has 0 radical (unpaired) electrons. The number of nitrogens with zero attached hydrogens (tertiary/aromatic N) is 1. The maximum atomic E-state index is 12.4. The number of aliphatic hydroxyl groups excluding tert-OH is 1. The van der Waals surface area contributed by atoms with Crippen LogP contribution in [0, 0.1) is 6.92 Å². The Morgan fingerprint density at radius 3 is 2.70 bits per heavy atom. The molecule has 0 aliphatic carbocycles. The van der Waals surface area contributed by atoms with Crippen LogP contribution in [0.4, 0.5) is 0 Å². The zero-order valence-electron chi connectivity index (χ0n) is 11.8. The molecule has 2 atom stereocenters. The molecule has 2 amide bonds. The second-order valence-corrected chi connectivity index (χ2v) is 6.14. The highest BCUT2D eigenvalue weighted by Gasteiger charge is 2.28. The molecule has 2 rings (SSSR count). The SMILES string of the molecule is CC(=O)N[C@H]1CCN(C(=O)c2cc(C)cs2)CC[C@@H]1O. The highest BCUT2D eigenvalue weighted by Crippen LogP contribution is 2.19. The van der Waals surface area contributed by atoms with E-state index in [-0.39, 0.29) is 17.9 Å². The van der Waals surface area contributed by atoms with E-state index in [9.17, 15) is 14.7 Å². The van der Waals surface area contributed by atoms with E-state index >= 15 is 0 Å². The van der Waals surface area contributed by atoms with E-state index in [0.717, 1.165) is 10.4 Å². The van der Waals surface area contributed by atoms with Crippen LogP contribution in [0.2, 0.25) is 0 Å². The van der Waals surface area contributed by atoms with Crippen molar-refractivity contribution in [1.82, 2.24) is 10.2 Å². The van der Waals surface area contributed by atoms with Crippen LogP contribution >= 0.6 is 11.3 Å². The largest absolute Gasteiger partial charge is 0.391 e. The molecule has 2 N–H and O–H groups in total. The molecule has 1 aliphatic heterocycles. The van der Waals surface area contributed by atoms with Crippen molar-refractivity contribution in [1.29, 1.82) is 0 Å². The highest BCUT2D eigenvalue weighted by molar-refractivity contribution is 7.12. The molecular weight excluding hydrogens is 276 g/mol. The summed E-state index contributed by atoms with van der Waals surface area (Å²) in [6, 6.07) is 1.62. The van der Waals surface area contributed by atoms with Crippen LogP contribution in [0.1, 0.15) is 35.0 Å². The molecule has 1 aliphatic rings. The van der Waals surface area contributed by atoms with E-state index in [1.54, 1.807) is 4.90 Å². The van der Waals surface area contributed by atoms with Crippen molar-refractivity contribution in [2.24, 2.45) is 0 Å². The Morgan fingerprint density at radius 1 is 1.40 bits per heavy atom. The van der Waals surface area contributed by atoms with Crippen LogP contribution in [0.5, 0.6) is 0 Å². The maximum Gasteiger partial charge on any atom is 0.263 e. The predicted octanol–water partition coefficient (Wildman–Crippen LogP) is 1.16. The van der Waals surface area contributed by atoms with E-state index in [4.69, 9.17) is 0 Å². The molecule has 1 saturated heterocycles. The zero-order chi connectivity index (χ0) is 14.7. The van der Waals surface area contributed by atoms with Gasteiger partial charge in [0.25, 0.3) is 5.91 Å². The average molecular weight is 296 g/mol. The molecule has 0 spiro atoms. The van der Waals surface area contributed by atoms with Gasteiger partial charge < -0.3 is 15.3 Å². The summed E-state index contributed by atoms with van der Waals surface area (Å²) in [7, 11) is 0. The second-order valence-electron chi connectivity index (χ2n) is 5.23. The fourth-order valence-electron chi connectivity index (χ4n) is 2.42. The monoisotopic (exact) mass is 296 g/mol. The lowest BCUT2D eigenvalue weighted by atomic mass is 10.1. The van der Waals surface area contributed by atoms with Crippen LogP contribution in [0.3, 0.4) is 0 Å². The summed E-state index contributed by atoms with van der Waals surface area (Å²) >= 11 is 1.45. The Hall–Kier alpha value is -1.40. The first kappa shape index (κ1) is 15.0. The van der Waals surface area contributed by atoms with Gasteiger partial charge in [0.1, 0.15) is 0 Å². The van der Waals surface area contributed by atoms with Crippen molar-refractivity contribution in [3.8, 4) is 0 Å². The molecule has 0 saturated carbocycles. The minimum Gasteiger partial charge on any atom is -0.391 e. The van der Waals surface area contributed by atoms with E-state index in [1.807, 2.05) is 18.4 Å². The van der Waals surface area contributed by atoms with E-state index in [1.165, 1.54) is 18.3 Å². The predicted molar refractivity (Wildman–Crippen MR) is 77.8 cm³/mol. The van der Waals surface area contributed by atoms with Crippen LogP contribution in [-0.4, -0.2) is 47.1 Å². The average Bonchev–Trinajstić information content (AvgIpc) is 2.74. The second kappa shape index (κ2) is 6.37. The van der Waals surface area contributed by atoms with Gasteiger partial charge in [-0.1, -0.05) is 0 Å². The van der Waals surface area contributed by atoms with Gasteiger partial charge in [-0.3, -0.25) is 9.59 Å². The number of hydrogen-bond donors (Lipinski definition) is 2. The fourth-order valence-corrected chi connectivity index (χ4v) is 3.28. The number of carbonyl (C=O) groups excluding carboxylic acids is 2. The number of carbonyl (C=O) groups is 2. The number of hydrogen-bond acceptors (Lipinski definition) is 4. The standard InChI is InChI=1S/C14H20N2O3S/c1-9-7-13(20-8-9)14(19)16-5-3-11(15-10(2)17)12(18)4-6-16/h7-8,11-12,18H,3-6H2,1-2H3,(H,15,17)/t11-,12-/m0/s1. The van der Waals surface area contributed by atoms with Crippen molar-refractivity contribution < 1.29 is 14.7 Å². The van der Waals surface area contributed by atoms with Gasteiger partial charge in [-0.25, -0.2) is 0 Å². The molecule has 1 aromatic rings. The molecule has 6 heteroatoms. The highest BCUT2D eigenvalue weighted by atomic mass is 32.1. The lowest BCUT2D eigenvalue weighted by molar-refractivity contribution is -0.120. The number of aliphatic hydroxyl groups is 1. The number of thiophene rings is 1. The number of rotatable bonds is 2. The molecule has 5 nitrogen and oxygen atoms in total. The number of nitrogens with one attached hydrogen (secondary N) is 1. The minimum absolute atomic E-state index is 0.0128. The maximum absolute atomic E-state index is 12.4. The normalized spacial score (nSPS) is 23.2. The number of aryl methyl sites for hydroxylation is 1. The summed E-state index contributed by atoms with van der Waals surface area (Å²) in [4.78, 5) is 26.0. The zero-order valence-corrected chi connectivity index (χ0v) is 12.6. The summed E-state index contributed by atoms with van der Waals surface area (Å²) in [5.41, 5.74) is 1.09. The summed E-state index contributed by atoms with van der Waals surface area (Å²) in [5, 5.41) is 14.7. The first-order valence-electron chi connectivity index (χ1n) is 6.77. The van der Waals surface area contributed by atoms with Crippen LogP contribution in [-0.2, 0) is 4.79 Å². The van der Waals surface area contributed by atoms with Gasteiger partial charge in [-0.15, -0.1) is 11.3 Å². The van der Waals surface area contributed by atoms with Crippen molar-refractivity contribution >= 4 is 23.2 Å². The topological polar surface area (TPSA) is 69.6 Å². The first-order chi connectivity index (χ1) is 9.47. The molecule has 20 heavy (non-hydrogen) atoms. The Kier molecular flexibility index (Phi) is 4.77. The molecule has 110 valence electrons. The third-order valence-corrected chi connectivity index (χ3v) is 4.52. The van der Waals surface area contributed by atoms with E-state index in [0.29, 0.717) is 25.9 Å². The molecule has 1 fully saturated rings. The Bertz CT molecular complexity index is 500. The van der Waals surface area contributed by atoms with Gasteiger partial charge in [0.05, 0.1) is 17.0 Å². The van der Waals surface area contributed by atoms with Gasteiger partial charge in [0.15, 0.2) is 0 Å². The van der Waals surface area contributed by atoms with Gasteiger partial charge >= 0.3 is 0 Å². The van der Waals surface area contributed by atoms with Crippen LogP contribution in [0.15, 0.2) is 11.4 Å². The van der Waals surface area contributed by atoms with Crippen molar-refractivity contribution in [2.75, 3.05) is 13.1 Å². The minimum atomic E-state index is -0.596. The summed E-state index contributed by atoms with van der Waals surface area (Å²) in [6.07, 6.45) is 0.472. The van der Waals surface area contributed by atoms with Crippen molar-refractivity contribution in [3.63, 3.8) is 0 Å². The number of likely N-dealkylation sites (tertiary alicyclic amines) is 1. The molecule has 0 bridgehead atoms. The van der Waals surface area contributed by atoms with E-state index < -0.39 is 6.10 Å². The lowest BCUT2D eigenvalue weighted by Gasteiger charge is -2.20. The summed E-state index contributed by atoms with van der Waals surface area (Å²) in [6.45, 7) is 4.48. The molecule has 0 aromatic carbocycles. The van der Waals surface area contributed by atoms with Gasteiger partial charge in [-0.05, 0) is 36.8 Å². The first-order valence-corrected chi connectivity index (χ1v) is 7.65. The Morgan fingerprint density at radius 2 is 2.10 bits per heavy atom. The van der Waals surface area contributed by atoms with Gasteiger partial charge in [0, 0.05) is 20.0 Å². The number of amides is 2. The summed E-state index contributed by atoms with van der Waals surface area (Å²) < 4.78 is 0. The Balaban J connectivity index is 2.01. The summed E-state index contributed by atoms with van der Waals surface area (Å²) in [5.74, 6) is -0.138. The molecule has 2 heterocycles. The van der Waals surface area contributed by atoms with Crippen molar-refractivity contribution in [2.45, 2.75) is 38.8 Å². The van der Waals surface area contributed by atoms with Crippen LogP contribution in [0.25, 0.3) is 0 Å². The Labute approximate surface area is 122 Å². The van der Waals surface area contributed by atoms with Gasteiger partial charge in [0.2, 0.25) is 5.91 Å². The third kappa shape index (κ3) is 3.58. The lowest BCUT2D eigenvalue weighted by Crippen LogP contribution is -2.42. The fraction of sp³-hybridized carbons (Fsp3) is 0.571. The van der Waals surface area contributed by atoms with Crippen LogP contribution < -0.4 is 5.32 Å². The van der Waals surface area contributed by atoms with Crippen molar-refractivity contribution in [3.05, 3.63) is 21.9 Å².